The molecule has 2 N–H and O–H groups in total. The van der Waals surface area contributed by atoms with Crippen LogP contribution in [-0.4, -0.2) is 40.0 Å². The van der Waals surface area contributed by atoms with Gasteiger partial charge in [0.25, 0.3) is 0 Å². The molecule has 0 spiro atoms. The van der Waals surface area contributed by atoms with E-state index in [9.17, 15) is 23.4 Å². The van der Waals surface area contributed by atoms with Crippen LogP contribution in [0.5, 0.6) is 0 Å². The fraction of sp³-hybridized carbons (Fsp3) is 0.333. The predicted octanol–water partition coefficient (Wildman–Crippen LogP) is 2.97. The largest absolute Gasteiger partial charge is 0.415 e. The number of hydrogen-bond donors (Lipinski definition) is 2. The van der Waals surface area contributed by atoms with Crippen molar-refractivity contribution in [3.8, 4) is 0 Å². The van der Waals surface area contributed by atoms with Crippen LogP contribution in [0.3, 0.4) is 0 Å². The van der Waals surface area contributed by atoms with Crippen molar-refractivity contribution in [3.63, 3.8) is 0 Å². The fourth-order valence-electron chi connectivity index (χ4n) is 2.56. The lowest BCUT2D eigenvalue weighted by molar-refractivity contribution is -0.226. The highest BCUT2D eigenvalue weighted by Crippen LogP contribution is 2.26. The van der Waals surface area contributed by atoms with Gasteiger partial charge in [-0.15, -0.1) is 0 Å². The van der Waals surface area contributed by atoms with Crippen molar-refractivity contribution < 1.29 is 23.4 Å². The third kappa shape index (κ3) is 5.06. The smallest absolute Gasteiger partial charge is 0.395 e. The molecule has 0 aliphatic rings. The third-order valence-corrected chi connectivity index (χ3v) is 3.81. The van der Waals surface area contributed by atoms with Gasteiger partial charge in [0, 0.05) is 13.1 Å². The fourth-order valence-corrected chi connectivity index (χ4v) is 2.56. The molecule has 130 valence electrons. The van der Waals surface area contributed by atoms with Crippen LogP contribution in [0.4, 0.5) is 13.2 Å². The number of nitrogens with zero attached hydrogens (tertiary/aromatic N) is 1. The standard InChI is InChI=1S/C18H20F3NO2/c19-18(20,21)17(24)16(13-23)22(11-14-7-3-1-4-8-14)12-15-9-5-2-6-10-15/h1-10,16-17,23-24H,11-13H2/t16-,17-/m0/s1. The lowest BCUT2D eigenvalue weighted by atomic mass is 10.1. The van der Waals surface area contributed by atoms with Crippen LogP contribution in [-0.2, 0) is 13.1 Å². The number of rotatable bonds is 7. The van der Waals surface area contributed by atoms with E-state index in [2.05, 4.69) is 0 Å². The van der Waals surface area contributed by atoms with Crippen molar-refractivity contribution in [1.82, 2.24) is 4.90 Å². The van der Waals surface area contributed by atoms with Gasteiger partial charge in [-0.2, -0.15) is 13.2 Å². The Morgan fingerprint density at radius 2 is 1.25 bits per heavy atom. The van der Waals surface area contributed by atoms with Crippen LogP contribution in [0, 0.1) is 0 Å². The van der Waals surface area contributed by atoms with E-state index in [1.807, 2.05) is 12.1 Å². The summed E-state index contributed by atoms with van der Waals surface area (Å²) >= 11 is 0. The SMILES string of the molecule is OC[C@@H]([C@H](O)C(F)(F)F)N(Cc1ccccc1)Cc1ccccc1. The van der Waals surface area contributed by atoms with E-state index in [0.717, 1.165) is 11.1 Å². The minimum absolute atomic E-state index is 0.189. The molecule has 0 aliphatic heterocycles. The summed E-state index contributed by atoms with van der Waals surface area (Å²) < 4.78 is 38.8. The van der Waals surface area contributed by atoms with Crippen molar-refractivity contribution in [2.45, 2.75) is 31.4 Å². The van der Waals surface area contributed by atoms with Crippen LogP contribution >= 0.6 is 0 Å². The molecule has 24 heavy (non-hydrogen) atoms. The number of aliphatic hydroxyl groups is 2. The van der Waals surface area contributed by atoms with Gasteiger partial charge in [-0.1, -0.05) is 60.7 Å². The summed E-state index contributed by atoms with van der Waals surface area (Å²) in [6, 6.07) is 16.6. The van der Waals surface area contributed by atoms with Gasteiger partial charge in [0.15, 0.2) is 6.10 Å². The quantitative estimate of drug-likeness (QED) is 0.815. The molecule has 6 heteroatoms. The van der Waals surface area contributed by atoms with Crippen LogP contribution < -0.4 is 0 Å². The lowest BCUT2D eigenvalue weighted by Crippen LogP contribution is -2.51. The van der Waals surface area contributed by atoms with E-state index >= 15 is 0 Å². The number of halogens is 3. The summed E-state index contributed by atoms with van der Waals surface area (Å²) in [4.78, 5) is 1.45. The van der Waals surface area contributed by atoms with Crippen molar-refractivity contribution in [2.75, 3.05) is 6.61 Å². The monoisotopic (exact) mass is 339 g/mol. The first-order valence-corrected chi connectivity index (χ1v) is 7.59. The third-order valence-electron chi connectivity index (χ3n) is 3.81. The highest BCUT2D eigenvalue weighted by Gasteiger charge is 2.45. The summed E-state index contributed by atoms with van der Waals surface area (Å²) in [5, 5.41) is 19.1. The Morgan fingerprint density at radius 1 is 0.833 bits per heavy atom. The van der Waals surface area contributed by atoms with Crippen molar-refractivity contribution in [3.05, 3.63) is 71.8 Å². The lowest BCUT2D eigenvalue weighted by Gasteiger charge is -2.34. The maximum Gasteiger partial charge on any atom is 0.415 e. The molecule has 0 amide bonds. The minimum atomic E-state index is -4.79. The van der Waals surface area contributed by atoms with E-state index in [0.29, 0.717) is 0 Å². The Hall–Kier alpha value is -1.89. The second kappa shape index (κ2) is 8.28. The van der Waals surface area contributed by atoms with Gasteiger partial charge in [-0.25, -0.2) is 0 Å². The molecule has 0 saturated carbocycles. The Bertz CT molecular complexity index is 563. The van der Waals surface area contributed by atoms with Crippen LogP contribution in [0.15, 0.2) is 60.7 Å². The molecule has 2 aromatic carbocycles. The second-order valence-electron chi connectivity index (χ2n) is 5.61. The molecule has 0 aliphatic carbocycles. The molecule has 0 fully saturated rings. The van der Waals surface area contributed by atoms with E-state index in [1.54, 1.807) is 48.5 Å². The van der Waals surface area contributed by atoms with E-state index in [1.165, 1.54) is 4.90 Å². The highest BCUT2D eigenvalue weighted by atomic mass is 19.4. The van der Waals surface area contributed by atoms with Gasteiger partial charge in [0.2, 0.25) is 0 Å². The average Bonchev–Trinajstić information content (AvgIpc) is 2.56. The van der Waals surface area contributed by atoms with E-state index in [4.69, 9.17) is 0 Å². The molecule has 0 radical (unpaired) electrons. The highest BCUT2D eigenvalue weighted by molar-refractivity contribution is 5.17. The van der Waals surface area contributed by atoms with E-state index in [-0.39, 0.29) is 13.1 Å². The molecule has 2 atom stereocenters. The summed E-state index contributed by atoms with van der Waals surface area (Å²) in [7, 11) is 0. The van der Waals surface area contributed by atoms with Crippen molar-refractivity contribution in [1.29, 1.82) is 0 Å². The summed E-state index contributed by atoms with van der Waals surface area (Å²) in [5.41, 5.74) is 1.61. The Balaban J connectivity index is 2.26. The normalized spacial score (nSPS) is 14.6. The molecular weight excluding hydrogens is 319 g/mol. The Kier molecular flexibility index (Phi) is 6.36. The molecular formula is C18H20F3NO2. The number of aliphatic hydroxyl groups excluding tert-OH is 2. The molecule has 0 saturated heterocycles. The zero-order chi connectivity index (χ0) is 17.6. The van der Waals surface area contributed by atoms with Crippen LogP contribution in [0.1, 0.15) is 11.1 Å². The van der Waals surface area contributed by atoms with Crippen LogP contribution in [0.2, 0.25) is 0 Å². The first kappa shape index (κ1) is 18.4. The number of benzene rings is 2. The van der Waals surface area contributed by atoms with Gasteiger partial charge in [-0.3, -0.25) is 4.90 Å². The molecule has 0 aromatic heterocycles. The zero-order valence-corrected chi connectivity index (χ0v) is 13.0. The number of hydrogen-bond acceptors (Lipinski definition) is 3. The molecule has 2 aromatic rings. The molecule has 0 unspecified atom stereocenters. The van der Waals surface area contributed by atoms with Gasteiger partial charge >= 0.3 is 6.18 Å². The van der Waals surface area contributed by atoms with Crippen molar-refractivity contribution in [2.24, 2.45) is 0 Å². The van der Waals surface area contributed by atoms with Gasteiger partial charge in [0.05, 0.1) is 12.6 Å². The summed E-state index contributed by atoms with van der Waals surface area (Å²) in [6.07, 6.45) is -7.41. The molecule has 0 bridgehead atoms. The van der Waals surface area contributed by atoms with E-state index < -0.39 is 24.9 Å². The Morgan fingerprint density at radius 3 is 1.58 bits per heavy atom. The first-order valence-electron chi connectivity index (χ1n) is 7.59. The summed E-state index contributed by atoms with van der Waals surface area (Å²) in [6.45, 7) is -0.414. The number of alkyl halides is 3. The van der Waals surface area contributed by atoms with Gasteiger partial charge in [-0.05, 0) is 11.1 Å². The predicted molar refractivity (Wildman–Crippen MR) is 85.1 cm³/mol. The minimum Gasteiger partial charge on any atom is -0.395 e. The maximum absolute atomic E-state index is 12.9. The zero-order valence-electron chi connectivity index (χ0n) is 13.0. The maximum atomic E-state index is 12.9. The second-order valence-corrected chi connectivity index (χ2v) is 5.61. The van der Waals surface area contributed by atoms with Gasteiger partial charge < -0.3 is 10.2 Å². The molecule has 3 nitrogen and oxygen atoms in total. The topological polar surface area (TPSA) is 43.7 Å². The Labute approximate surface area is 139 Å². The van der Waals surface area contributed by atoms with Crippen LogP contribution in [0.25, 0.3) is 0 Å². The molecule has 2 rings (SSSR count). The van der Waals surface area contributed by atoms with Crippen molar-refractivity contribution >= 4 is 0 Å². The average molecular weight is 339 g/mol. The van der Waals surface area contributed by atoms with Gasteiger partial charge in [0.1, 0.15) is 0 Å². The molecule has 0 heterocycles. The first-order chi connectivity index (χ1) is 11.4. The summed E-state index contributed by atoms with van der Waals surface area (Å²) in [5.74, 6) is 0.